The Morgan fingerprint density at radius 2 is 2.00 bits per heavy atom. The van der Waals surface area contributed by atoms with E-state index >= 15 is 0 Å². The predicted molar refractivity (Wildman–Crippen MR) is 105 cm³/mol. The molecular formula is C20H16ClN3O4. The molecule has 0 saturated carbocycles. The van der Waals surface area contributed by atoms with Crippen molar-refractivity contribution >= 4 is 34.8 Å². The second-order valence-corrected chi connectivity index (χ2v) is 6.58. The van der Waals surface area contributed by atoms with E-state index in [0.29, 0.717) is 34.5 Å². The predicted octanol–water partition coefficient (Wildman–Crippen LogP) is 3.99. The van der Waals surface area contributed by atoms with Crippen LogP contribution >= 0.6 is 11.6 Å². The van der Waals surface area contributed by atoms with Gasteiger partial charge < -0.3 is 19.5 Å². The normalized spacial score (nSPS) is 13.1. The molecule has 0 spiro atoms. The highest BCUT2D eigenvalue weighted by atomic mass is 35.5. The second kappa shape index (κ2) is 7.36. The molecule has 1 aliphatic heterocycles. The molecule has 28 heavy (non-hydrogen) atoms. The van der Waals surface area contributed by atoms with Gasteiger partial charge in [-0.3, -0.25) is 9.59 Å². The number of carbonyl (C=O) groups is 2. The Hall–Kier alpha value is -3.32. The van der Waals surface area contributed by atoms with E-state index in [4.69, 9.17) is 20.9 Å². The van der Waals surface area contributed by atoms with Gasteiger partial charge in [0.2, 0.25) is 0 Å². The van der Waals surface area contributed by atoms with Crippen LogP contribution in [-0.4, -0.2) is 30.1 Å². The molecule has 142 valence electrons. The number of rotatable bonds is 4. The monoisotopic (exact) mass is 397 g/mol. The van der Waals surface area contributed by atoms with Gasteiger partial charge in [0.25, 0.3) is 11.8 Å². The number of carbonyl (C=O) groups excluding carboxylic acids is 2. The molecule has 1 aromatic heterocycles. The van der Waals surface area contributed by atoms with Crippen molar-refractivity contribution in [3.05, 3.63) is 59.2 Å². The number of nitrogens with one attached hydrogen (secondary N) is 1. The average Bonchev–Trinajstić information content (AvgIpc) is 3.19. The number of hydrogen-bond acceptors (Lipinski definition) is 5. The van der Waals surface area contributed by atoms with Crippen molar-refractivity contribution in [3.8, 4) is 17.1 Å². The van der Waals surface area contributed by atoms with Crippen molar-refractivity contribution in [3.63, 3.8) is 0 Å². The molecule has 2 aromatic carbocycles. The number of nitrogens with zero attached hydrogens (tertiary/aromatic N) is 2. The summed E-state index contributed by atoms with van der Waals surface area (Å²) in [5.41, 5.74) is 2.05. The van der Waals surface area contributed by atoms with Crippen molar-refractivity contribution < 1.29 is 18.8 Å². The van der Waals surface area contributed by atoms with E-state index in [2.05, 4.69) is 10.5 Å². The van der Waals surface area contributed by atoms with Crippen LogP contribution in [0.1, 0.15) is 17.4 Å². The van der Waals surface area contributed by atoms with Gasteiger partial charge in [0, 0.05) is 28.9 Å². The molecule has 1 N–H and O–H groups in total. The molecule has 1 aliphatic rings. The van der Waals surface area contributed by atoms with Crippen molar-refractivity contribution in [1.29, 1.82) is 0 Å². The molecule has 4 rings (SSSR count). The van der Waals surface area contributed by atoms with Gasteiger partial charge in [-0.15, -0.1) is 0 Å². The molecule has 0 unspecified atom stereocenters. The summed E-state index contributed by atoms with van der Waals surface area (Å²) in [5, 5.41) is 7.21. The highest BCUT2D eigenvalue weighted by molar-refractivity contribution is 6.30. The Balaban J connectivity index is 1.54. The molecule has 2 heterocycles. The molecule has 0 bridgehead atoms. The summed E-state index contributed by atoms with van der Waals surface area (Å²) >= 11 is 5.88. The number of hydrogen-bond donors (Lipinski definition) is 1. The van der Waals surface area contributed by atoms with Gasteiger partial charge in [-0.05, 0) is 49.4 Å². The van der Waals surface area contributed by atoms with Crippen molar-refractivity contribution in [2.45, 2.75) is 6.92 Å². The zero-order valence-corrected chi connectivity index (χ0v) is 15.7. The Morgan fingerprint density at radius 1 is 1.21 bits per heavy atom. The Morgan fingerprint density at radius 3 is 2.75 bits per heavy atom. The number of halogens is 1. The summed E-state index contributed by atoms with van der Waals surface area (Å²) in [6.45, 7) is 2.41. The molecule has 3 aromatic rings. The quantitative estimate of drug-likeness (QED) is 0.719. The molecule has 7 nitrogen and oxygen atoms in total. The molecule has 0 aliphatic carbocycles. The minimum Gasteiger partial charge on any atom is -0.482 e. The van der Waals surface area contributed by atoms with Crippen LogP contribution in [0, 0.1) is 0 Å². The minimum atomic E-state index is -0.421. The number of amides is 2. The zero-order valence-electron chi connectivity index (χ0n) is 14.9. The van der Waals surface area contributed by atoms with E-state index in [9.17, 15) is 9.59 Å². The smallest absolute Gasteiger partial charge is 0.277 e. The van der Waals surface area contributed by atoms with E-state index in [1.165, 1.54) is 0 Å². The summed E-state index contributed by atoms with van der Waals surface area (Å²) in [4.78, 5) is 26.1. The summed E-state index contributed by atoms with van der Waals surface area (Å²) in [6, 6.07) is 13.7. The van der Waals surface area contributed by atoms with Crippen molar-refractivity contribution in [1.82, 2.24) is 5.16 Å². The fourth-order valence-corrected chi connectivity index (χ4v) is 3.08. The molecule has 0 saturated heterocycles. The third-order valence-corrected chi connectivity index (χ3v) is 4.60. The fraction of sp³-hybridized carbons (Fsp3) is 0.150. The average molecular weight is 398 g/mol. The van der Waals surface area contributed by atoms with Gasteiger partial charge in [0.15, 0.2) is 18.1 Å². The minimum absolute atomic E-state index is 0.0129. The van der Waals surface area contributed by atoms with Gasteiger partial charge in [-0.1, -0.05) is 16.8 Å². The lowest BCUT2D eigenvalue weighted by molar-refractivity contribution is -0.121. The number of benzene rings is 2. The fourth-order valence-electron chi connectivity index (χ4n) is 2.95. The Labute approximate surface area is 165 Å². The maximum atomic E-state index is 12.5. The molecule has 8 heteroatoms. The van der Waals surface area contributed by atoms with Gasteiger partial charge >= 0.3 is 0 Å². The lowest BCUT2D eigenvalue weighted by Gasteiger charge is -2.28. The van der Waals surface area contributed by atoms with Gasteiger partial charge in [0.1, 0.15) is 5.75 Å². The van der Waals surface area contributed by atoms with Crippen molar-refractivity contribution in [2.24, 2.45) is 0 Å². The van der Waals surface area contributed by atoms with E-state index in [0.717, 1.165) is 5.56 Å². The van der Waals surface area contributed by atoms with Crippen LogP contribution in [0.2, 0.25) is 5.02 Å². The highest BCUT2D eigenvalue weighted by Gasteiger charge is 2.25. The first-order valence-corrected chi connectivity index (χ1v) is 9.04. The molecule has 0 fully saturated rings. The Kier molecular flexibility index (Phi) is 4.75. The van der Waals surface area contributed by atoms with E-state index in [1.807, 2.05) is 6.92 Å². The van der Waals surface area contributed by atoms with Crippen LogP contribution in [0.5, 0.6) is 5.75 Å². The highest BCUT2D eigenvalue weighted by Crippen LogP contribution is 2.34. The number of anilines is 2. The topological polar surface area (TPSA) is 84.7 Å². The zero-order chi connectivity index (χ0) is 19.7. The lowest BCUT2D eigenvalue weighted by atomic mass is 10.1. The summed E-state index contributed by atoms with van der Waals surface area (Å²) < 4.78 is 10.7. The third kappa shape index (κ3) is 3.44. The van der Waals surface area contributed by atoms with Crippen LogP contribution in [0.15, 0.2) is 53.1 Å². The Bertz CT molecular complexity index is 1050. The van der Waals surface area contributed by atoms with Crippen LogP contribution < -0.4 is 15.0 Å². The van der Waals surface area contributed by atoms with Gasteiger partial charge in [-0.2, -0.15) is 0 Å². The van der Waals surface area contributed by atoms with Crippen molar-refractivity contribution in [2.75, 3.05) is 23.4 Å². The van der Waals surface area contributed by atoms with E-state index in [-0.39, 0.29) is 18.2 Å². The lowest BCUT2D eigenvalue weighted by Crippen LogP contribution is -2.38. The standard InChI is InChI=1S/C20H16ClN3O4/c1-2-24-16-9-14(7-8-17(16)27-11-19(24)25)22-20(26)15-10-18(28-23-15)12-3-5-13(21)6-4-12/h3-10H,2,11H2,1H3,(H,22,26). The van der Waals surface area contributed by atoms with Gasteiger partial charge in [0.05, 0.1) is 5.69 Å². The third-order valence-electron chi connectivity index (χ3n) is 4.35. The number of likely N-dealkylation sites (N-methyl/N-ethyl adjacent to an activating group) is 1. The number of aromatic nitrogens is 1. The summed E-state index contributed by atoms with van der Waals surface area (Å²) in [6.07, 6.45) is 0. The first kappa shape index (κ1) is 18.1. The SMILES string of the molecule is CCN1C(=O)COc2ccc(NC(=O)c3cc(-c4ccc(Cl)cc4)on3)cc21. The summed E-state index contributed by atoms with van der Waals surface area (Å²) in [7, 11) is 0. The van der Waals surface area contributed by atoms with Crippen LogP contribution in [0.4, 0.5) is 11.4 Å². The molecule has 0 atom stereocenters. The van der Waals surface area contributed by atoms with Crippen LogP contribution in [0.25, 0.3) is 11.3 Å². The first-order valence-electron chi connectivity index (χ1n) is 8.66. The summed E-state index contributed by atoms with van der Waals surface area (Å²) in [5.74, 6) is 0.520. The maximum Gasteiger partial charge on any atom is 0.277 e. The van der Waals surface area contributed by atoms with Crippen LogP contribution in [0.3, 0.4) is 0 Å². The van der Waals surface area contributed by atoms with E-state index < -0.39 is 5.91 Å². The number of ether oxygens (including phenoxy) is 1. The van der Waals surface area contributed by atoms with E-state index in [1.54, 1.807) is 53.4 Å². The van der Waals surface area contributed by atoms with Crippen LogP contribution in [-0.2, 0) is 4.79 Å². The molecule has 0 radical (unpaired) electrons. The maximum absolute atomic E-state index is 12.5. The van der Waals surface area contributed by atoms with Gasteiger partial charge in [-0.25, -0.2) is 0 Å². The second-order valence-electron chi connectivity index (χ2n) is 6.15. The number of fused-ring (bicyclic) bond motifs is 1. The molecular weight excluding hydrogens is 382 g/mol. The molecule has 2 amide bonds. The first-order chi connectivity index (χ1) is 13.5. The largest absolute Gasteiger partial charge is 0.482 e.